The highest BCUT2D eigenvalue weighted by Crippen LogP contribution is 2.35. The smallest absolute Gasteiger partial charge is 0.258 e. The van der Waals surface area contributed by atoms with Gasteiger partial charge in [-0.05, 0) is 44.4 Å². The van der Waals surface area contributed by atoms with Gasteiger partial charge >= 0.3 is 0 Å². The molecule has 0 aliphatic carbocycles. The number of ether oxygens (including phenoxy) is 1. The Bertz CT molecular complexity index is 617. The fraction of sp³-hybridized carbons (Fsp3) is 0.429. The zero-order valence-electron chi connectivity index (χ0n) is 11.2. The molecule has 2 aromatic rings. The Morgan fingerprint density at radius 3 is 2.75 bits per heavy atom. The minimum atomic E-state index is -0.515. The topological polar surface area (TPSA) is 88.6 Å². The number of benzene rings is 1. The predicted molar refractivity (Wildman–Crippen MR) is 70.2 cm³/mol. The van der Waals surface area contributed by atoms with Crippen molar-refractivity contribution in [3.8, 4) is 23.0 Å². The van der Waals surface area contributed by atoms with Gasteiger partial charge in [0.15, 0.2) is 11.5 Å². The zero-order chi connectivity index (χ0) is 14.2. The average Bonchev–Trinajstić information content (AvgIpc) is 2.93. The van der Waals surface area contributed by atoms with Crippen LogP contribution in [0.25, 0.3) is 11.5 Å². The fourth-order valence-corrected chi connectivity index (χ4v) is 2.32. The fourth-order valence-electron chi connectivity index (χ4n) is 2.32. The molecule has 1 aromatic carbocycles. The van der Waals surface area contributed by atoms with Crippen molar-refractivity contribution >= 4 is 0 Å². The van der Waals surface area contributed by atoms with Crippen LogP contribution in [0.4, 0.5) is 0 Å². The predicted octanol–water partition coefficient (Wildman–Crippen LogP) is 2.56. The lowest BCUT2D eigenvalue weighted by Crippen LogP contribution is -2.31. The van der Waals surface area contributed by atoms with Crippen LogP contribution in [0.2, 0.25) is 0 Å². The second kappa shape index (κ2) is 4.79. The molecule has 1 atom stereocenters. The van der Waals surface area contributed by atoms with Crippen molar-refractivity contribution in [1.82, 2.24) is 10.1 Å². The van der Waals surface area contributed by atoms with E-state index >= 15 is 0 Å². The lowest BCUT2D eigenvalue weighted by atomic mass is 9.95. The van der Waals surface area contributed by atoms with E-state index in [2.05, 4.69) is 10.1 Å². The summed E-state index contributed by atoms with van der Waals surface area (Å²) in [6.45, 7) is 2.65. The second-order valence-electron chi connectivity index (χ2n) is 5.16. The van der Waals surface area contributed by atoms with Crippen LogP contribution in [0.1, 0.15) is 32.0 Å². The summed E-state index contributed by atoms with van der Waals surface area (Å²) < 4.78 is 11.0. The molecule has 0 saturated carbocycles. The first-order chi connectivity index (χ1) is 9.58. The minimum Gasteiger partial charge on any atom is -0.504 e. The van der Waals surface area contributed by atoms with E-state index < -0.39 is 5.60 Å². The molecule has 20 heavy (non-hydrogen) atoms. The molecule has 1 saturated heterocycles. The summed E-state index contributed by atoms with van der Waals surface area (Å²) in [4.78, 5) is 4.35. The molecule has 1 aliphatic heterocycles. The van der Waals surface area contributed by atoms with E-state index in [9.17, 15) is 10.2 Å². The van der Waals surface area contributed by atoms with Gasteiger partial charge in [0, 0.05) is 12.2 Å². The van der Waals surface area contributed by atoms with Gasteiger partial charge in [0.05, 0.1) is 0 Å². The molecule has 106 valence electrons. The number of nitrogens with zero attached hydrogens (tertiary/aromatic N) is 2. The molecule has 6 heteroatoms. The number of phenolic OH excluding ortho intramolecular Hbond substituents is 2. The normalized spacial score (nSPS) is 22.9. The van der Waals surface area contributed by atoms with Crippen LogP contribution in [0.15, 0.2) is 22.7 Å². The van der Waals surface area contributed by atoms with Crippen LogP contribution in [0.3, 0.4) is 0 Å². The first kappa shape index (κ1) is 12.9. The Labute approximate surface area is 116 Å². The zero-order valence-corrected chi connectivity index (χ0v) is 11.2. The van der Waals surface area contributed by atoms with Crippen LogP contribution in [-0.2, 0) is 10.3 Å². The molecule has 0 radical (unpaired) electrons. The summed E-state index contributed by atoms with van der Waals surface area (Å²) in [5, 5.41) is 22.8. The average molecular weight is 276 g/mol. The molecule has 1 aromatic heterocycles. The monoisotopic (exact) mass is 276 g/mol. The molecular formula is C14H16N2O4. The Hall–Kier alpha value is -2.08. The van der Waals surface area contributed by atoms with Crippen molar-refractivity contribution < 1.29 is 19.5 Å². The summed E-state index contributed by atoms with van der Waals surface area (Å²) in [6.07, 6.45) is 2.97. The van der Waals surface area contributed by atoms with Crippen molar-refractivity contribution in [1.29, 1.82) is 0 Å². The highest BCUT2D eigenvalue weighted by atomic mass is 16.5. The van der Waals surface area contributed by atoms with Crippen molar-refractivity contribution in [3.63, 3.8) is 0 Å². The Morgan fingerprint density at radius 2 is 2.05 bits per heavy atom. The summed E-state index contributed by atoms with van der Waals surface area (Å²) >= 11 is 0. The van der Waals surface area contributed by atoms with Crippen molar-refractivity contribution in [3.05, 3.63) is 24.0 Å². The van der Waals surface area contributed by atoms with E-state index in [0.29, 0.717) is 23.9 Å². The van der Waals surface area contributed by atoms with Gasteiger partial charge in [-0.15, -0.1) is 0 Å². The number of phenols is 2. The maximum Gasteiger partial charge on any atom is 0.258 e. The van der Waals surface area contributed by atoms with Gasteiger partial charge in [-0.1, -0.05) is 5.16 Å². The van der Waals surface area contributed by atoms with Crippen LogP contribution >= 0.6 is 0 Å². The molecule has 0 spiro atoms. The molecular weight excluding hydrogens is 260 g/mol. The molecule has 6 nitrogen and oxygen atoms in total. The molecule has 1 unspecified atom stereocenters. The molecule has 2 N–H and O–H groups in total. The van der Waals surface area contributed by atoms with Crippen LogP contribution in [0.5, 0.6) is 11.5 Å². The number of aromatic nitrogens is 2. The van der Waals surface area contributed by atoms with E-state index in [1.54, 1.807) is 6.07 Å². The van der Waals surface area contributed by atoms with Gasteiger partial charge < -0.3 is 19.5 Å². The molecule has 2 heterocycles. The highest BCUT2D eigenvalue weighted by molar-refractivity contribution is 5.58. The van der Waals surface area contributed by atoms with Gasteiger partial charge in [-0.2, -0.15) is 4.98 Å². The summed E-state index contributed by atoms with van der Waals surface area (Å²) in [7, 11) is 0. The lowest BCUT2D eigenvalue weighted by Gasteiger charge is -2.30. The van der Waals surface area contributed by atoms with Crippen LogP contribution in [-0.4, -0.2) is 27.0 Å². The van der Waals surface area contributed by atoms with E-state index in [4.69, 9.17) is 9.26 Å². The van der Waals surface area contributed by atoms with Crippen LogP contribution in [0, 0.1) is 0 Å². The van der Waals surface area contributed by atoms with Gasteiger partial charge in [0.1, 0.15) is 5.60 Å². The summed E-state index contributed by atoms with van der Waals surface area (Å²) in [6, 6.07) is 4.38. The highest BCUT2D eigenvalue weighted by Gasteiger charge is 2.35. The van der Waals surface area contributed by atoms with Gasteiger partial charge in [0.2, 0.25) is 5.82 Å². The molecule has 0 bridgehead atoms. The maximum absolute atomic E-state index is 9.50. The Kier molecular flexibility index (Phi) is 3.10. The largest absolute Gasteiger partial charge is 0.504 e. The second-order valence-corrected chi connectivity index (χ2v) is 5.16. The number of hydrogen-bond acceptors (Lipinski definition) is 6. The number of hydrogen-bond donors (Lipinski definition) is 2. The molecule has 1 aliphatic rings. The third-order valence-corrected chi connectivity index (χ3v) is 3.59. The van der Waals surface area contributed by atoms with Gasteiger partial charge in [-0.25, -0.2) is 0 Å². The Balaban J connectivity index is 1.91. The molecule has 3 rings (SSSR count). The first-order valence-electron chi connectivity index (χ1n) is 6.59. The standard InChI is InChI=1S/C14H16N2O4/c1-14(6-2-3-7-19-14)13-15-12(20-16-13)9-4-5-10(17)11(18)8-9/h4-5,8,17-18H,2-3,6-7H2,1H3. The number of rotatable bonds is 2. The molecule has 1 fully saturated rings. The van der Waals surface area contributed by atoms with Crippen molar-refractivity contribution in [2.24, 2.45) is 0 Å². The quantitative estimate of drug-likeness (QED) is 0.819. The third-order valence-electron chi connectivity index (χ3n) is 3.59. The van der Waals surface area contributed by atoms with E-state index in [-0.39, 0.29) is 11.5 Å². The van der Waals surface area contributed by atoms with E-state index in [1.165, 1.54) is 12.1 Å². The van der Waals surface area contributed by atoms with E-state index in [1.807, 2.05) is 6.92 Å². The van der Waals surface area contributed by atoms with Gasteiger partial charge in [0.25, 0.3) is 5.89 Å². The summed E-state index contributed by atoms with van der Waals surface area (Å²) in [5.74, 6) is 0.406. The minimum absolute atomic E-state index is 0.184. The van der Waals surface area contributed by atoms with Crippen molar-refractivity contribution in [2.75, 3.05) is 6.61 Å². The van der Waals surface area contributed by atoms with Crippen molar-refractivity contribution in [2.45, 2.75) is 31.8 Å². The SMILES string of the molecule is CC1(c2noc(-c3ccc(O)c(O)c3)n2)CCCCO1. The molecule has 0 amide bonds. The van der Waals surface area contributed by atoms with Crippen LogP contribution < -0.4 is 0 Å². The Morgan fingerprint density at radius 1 is 1.20 bits per heavy atom. The maximum atomic E-state index is 9.50. The summed E-state index contributed by atoms with van der Waals surface area (Å²) in [5.41, 5.74) is 0.0392. The van der Waals surface area contributed by atoms with E-state index in [0.717, 1.165) is 19.3 Å². The first-order valence-corrected chi connectivity index (χ1v) is 6.59. The third kappa shape index (κ3) is 2.22. The lowest BCUT2D eigenvalue weighted by molar-refractivity contribution is -0.0770. The van der Waals surface area contributed by atoms with Gasteiger partial charge in [-0.3, -0.25) is 0 Å². The number of aromatic hydroxyl groups is 2.